The molecule has 0 aromatic carbocycles. The molecule has 68 valence electrons. The number of aromatic nitrogens is 3. The number of hydrogen-bond donors (Lipinski definition) is 0. The normalized spacial score (nSPS) is 13.8. The highest BCUT2D eigenvalue weighted by Crippen LogP contribution is 2.19. The molecule has 4 heteroatoms. The van der Waals surface area contributed by atoms with Crippen LogP contribution in [-0.2, 0) is 0 Å². The van der Waals surface area contributed by atoms with Gasteiger partial charge in [0, 0.05) is 6.20 Å². The molecule has 1 aromatic rings. The summed E-state index contributed by atoms with van der Waals surface area (Å²) in [7, 11) is 0. The van der Waals surface area contributed by atoms with E-state index in [1.165, 1.54) is 0 Å². The van der Waals surface area contributed by atoms with Crippen LogP contribution in [0.3, 0.4) is 0 Å². The van der Waals surface area contributed by atoms with E-state index in [4.69, 9.17) is 0 Å². The zero-order valence-electron chi connectivity index (χ0n) is 7.98. The number of thioether (sulfide) groups is 1. The summed E-state index contributed by atoms with van der Waals surface area (Å²) >= 11 is 1.76. The minimum absolute atomic E-state index is 0.380. The van der Waals surface area contributed by atoms with E-state index < -0.39 is 0 Å². The van der Waals surface area contributed by atoms with Crippen molar-refractivity contribution in [1.82, 2.24) is 15.0 Å². The van der Waals surface area contributed by atoms with E-state index in [9.17, 15) is 0 Å². The second kappa shape index (κ2) is 3.94. The van der Waals surface area contributed by atoms with E-state index in [0.29, 0.717) is 11.3 Å². The Morgan fingerprint density at radius 2 is 2.08 bits per heavy atom. The molecule has 0 saturated carbocycles. The molecule has 0 N–H and O–H groups in total. The Balaban J connectivity index is 2.77. The van der Waals surface area contributed by atoms with Gasteiger partial charge in [-0.2, -0.15) is 0 Å². The van der Waals surface area contributed by atoms with Gasteiger partial charge in [0.05, 0.1) is 11.1 Å². The summed E-state index contributed by atoms with van der Waals surface area (Å²) in [5, 5.41) is 8.52. The van der Waals surface area contributed by atoms with Crippen molar-refractivity contribution in [3.63, 3.8) is 0 Å². The highest BCUT2D eigenvalue weighted by molar-refractivity contribution is 7.98. The van der Waals surface area contributed by atoms with E-state index in [1.807, 2.05) is 10.9 Å². The molecule has 1 aromatic heterocycles. The second-order valence-corrected chi connectivity index (χ2v) is 4.27. The lowest BCUT2D eigenvalue weighted by Gasteiger charge is -2.05. The lowest BCUT2D eigenvalue weighted by molar-refractivity contribution is 0.612. The van der Waals surface area contributed by atoms with Crippen LogP contribution in [-0.4, -0.2) is 21.2 Å². The first-order chi connectivity index (χ1) is 5.65. The van der Waals surface area contributed by atoms with Gasteiger partial charge in [0.2, 0.25) is 0 Å². The van der Waals surface area contributed by atoms with E-state index in [2.05, 4.69) is 37.3 Å². The Morgan fingerprint density at radius 1 is 1.42 bits per heavy atom. The molecule has 0 bridgehead atoms. The summed E-state index contributed by atoms with van der Waals surface area (Å²) in [6, 6.07) is 0. The maximum Gasteiger partial charge on any atom is 0.0957 e. The van der Waals surface area contributed by atoms with Crippen molar-refractivity contribution in [2.24, 2.45) is 0 Å². The molecular weight excluding hydrogens is 170 g/mol. The monoisotopic (exact) mass is 185 g/mol. The van der Waals surface area contributed by atoms with Crippen molar-refractivity contribution in [2.75, 3.05) is 6.26 Å². The zero-order valence-corrected chi connectivity index (χ0v) is 8.80. The number of rotatable bonds is 3. The molecule has 0 radical (unpaired) electrons. The minimum Gasteiger partial charge on any atom is -0.240 e. The topological polar surface area (TPSA) is 30.7 Å². The van der Waals surface area contributed by atoms with E-state index in [-0.39, 0.29) is 0 Å². The summed E-state index contributed by atoms with van der Waals surface area (Å²) in [5.41, 5.74) is 1.07. The Morgan fingerprint density at radius 3 is 2.50 bits per heavy atom. The molecule has 0 fully saturated rings. The third-order valence-corrected chi connectivity index (χ3v) is 2.73. The van der Waals surface area contributed by atoms with Gasteiger partial charge in [0.1, 0.15) is 0 Å². The van der Waals surface area contributed by atoms with Gasteiger partial charge in [-0.05, 0) is 19.1 Å². The van der Waals surface area contributed by atoms with E-state index >= 15 is 0 Å². The van der Waals surface area contributed by atoms with Gasteiger partial charge in [-0.3, -0.25) is 0 Å². The van der Waals surface area contributed by atoms with Gasteiger partial charge >= 0.3 is 0 Å². The third kappa shape index (κ3) is 2.00. The first-order valence-electron chi connectivity index (χ1n) is 4.09. The molecule has 1 unspecified atom stereocenters. The van der Waals surface area contributed by atoms with Crippen LogP contribution in [0, 0.1) is 0 Å². The third-order valence-electron chi connectivity index (χ3n) is 1.83. The summed E-state index contributed by atoms with van der Waals surface area (Å²) in [4.78, 5) is 0. The summed E-state index contributed by atoms with van der Waals surface area (Å²) in [6.45, 7) is 6.36. The smallest absolute Gasteiger partial charge is 0.0957 e. The van der Waals surface area contributed by atoms with Crippen LogP contribution < -0.4 is 0 Å². The van der Waals surface area contributed by atoms with Crippen molar-refractivity contribution >= 4 is 11.8 Å². The van der Waals surface area contributed by atoms with Gasteiger partial charge in [-0.1, -0.05) is 19.1 Å². The highest BCUT2D eigenvalue weighted by atomic mass is 32.2. The SMILES string of the molecule is CSC(C)n1cc(C(C)C)nn1. The lowest BCUT2D eigenvalue weighted by Crippen LogP contribution is -2.00. The molecule has 12 heavy (non-hydrogen) atoms. The molecular formula is C8H15N3S. The maximum absolute atomic E-state index is 4.08. The van der Waals surface area contributed by atoms with Crippen molar-refractivity contribution in [3.05, 3.63) is 11.9 Å². The van der Waals surface area contributed by atoms with Gasteiger partial charge < -0.3 is 0 Å². The molecule has 0 spiro atoms. The van der Waals surface area contributed by atoms with Crippen LogP contribution >= 0.6 is 11.8 Å². The fourth-order valence-electron chi connectivity index (χ4n) is 0.841. The van der Waals surface area contributed by atoms with Gasteiger partial charge in [-0.15, -0.1) is 16.9 Å². The maximum atomic E-state index is 4.08. The first kappa shape index (κ1) is 9.58. The van der Waals surface area contributed by atoms with E-state index in [1.54, 1.807) is 11.8 Å². The zero-order chi connectivity index (χ0) is 9.14. The van der Waals surface area contributed by atoms with Crippen LogP contribution in [0.1, 0.15) is 37.8 Å². The molecule has 0 aliphatic rings. The predicted octanol–water partition coefficient (Wildman–Crippen LogP) is 2.28. The van der Waals surface area contributed by atoms with Gasteiger partial charge in [0.25, 0.3) is 0 Å². The molecule has 0 aliphatic carbocycles. The standard InChI is InChI=1S/C8H15N3S/c1-6(2)8-5-11(10-9-8)7(3)12-4/h5-7H,1-4H3. The Kier molecular flexibility index (Phi) is 3.14. The molecule has 0 amide bonds. The Bertz CT molecular complexity index is 244. The fraction of sp³-hybridized carbons (Fsp3) is 0.750. The van der Waals surface area contributed by atoms with Crippen LogP contribution in [0.5, 0.6) is 0 Å². The van der Waals surface area contributed by atoms with E-state index in [0.717, 1.165) is 5.69 Å². The first-order valence-corrected chi connectivity index (χ1v) is 5.38. The van der Waals surface area contributed by atoms with Crippen LogP contribution in [0.2, 0.25) is 0 Å². The highest BCUT2D eigenvalue weighted by Gasteiger charge is 2.08. The minimum atomic E-state index is 0.380. The fourth-order valence-corrected chi connectivity index (χ4v) is 1.16. The van der Waals surface area contributed by atoms with Gasteiger partial charge in [-0.25, -0.2) is 4.68 Å². The lowest BCUT2D eigenvalue weighted by atomic mass is 10.2. The number of hydrogen-bond acceptors (Lipinski definition) is 3. The molecule has 0 aliphatic heterocycles. The Hall–Kier alpha value is -0.510. The molecule has 1 rings (SSSR count). The predicted molar refractivity (Wildman–Crippen MR) is 52.3 cm³/mol. The van der Waals surface area contributed by atoms with Crippen molar-refractivity contribution in [1.29, 1.82) is 0 Å². The molecule has 3 nitrogen and oxygen atoms in total. The van der Waals surface area contributed by atoms with Crippen molar-refractivity contribution in [2.45, 2.75) is 32.1 Å². The second-order valence-electron chi connectivity index (χ2n) is 3.11. The molecule has 1 atom stereocenters. The van der Waals surface area contributed by atoms with Crippen molar-refractivity contribution in [3.8, 4) is 0 Å². The van der Waals surface area contributed by atoms with Crippen LogP contribution in [0.15, 0.2) is 6.20 Å². The number of nitrogens with zero attached hydrogens (tertiary/aromatic N) is 3. The summed E-state index contributed by atoms with van der Waals surface area (Å²) in [5.74, 6) is 0.466. The quantitative estimate of drug-likeness (QED) is 0.724. The Labute approximate surface area is 77.5 Å². The van der Waals surface area contributed by atoms with Gasteiger partial charge in [0.15, 0.2) is 0 Å². The molecule has 0 saturated heterocycles. The average molecular weight is 185 g/mol. The summed E-state index contributed by atoms with van der Waals surface area (Å²) < 4.78 is 1.90. The largest absolute Gasteiger partial charge is 0.240 e. The average Bonchev–Trinajstić information content (AvgIpc) is 2.51. The summed E-state index contributed by atoms with van der Waals surface area (Å²) in [6.07, 6.45) is 4.09. The van der Waals surface area contributed by atoms with Crippen LogP contribution in [0.4, 0.5) is 0 Å². The molecule has 1 heterocycles. The van der Waals surface area contributed by atoms with Crippen molar-refractivity contribution < 1.29 is 0 Å². The van der Waals surface area contributed by atoms with Crippen LogP contribution in [0.25, 0.3) is 0 Å².